The molecule has 0 amide bonds. The van der Waals surface area contributed by atoms with Crippen molar-refractivity contribution in [3.8, 4) is 0 Å². The van der Waals surface area contributed by atoms with Gasteiger partial charge in [0.15, 0.2) is 0 Å². The Morgan fingerprint density at radius 3 is 2.56 bits per heavy atom. The number of nitrogens with one attached hydrogen (secondary N) is 2. The van der Waals surface area contributed by atoms with Gasteiger partial charge < -0.3 is 10.6 Å². The molecular weight excluding hydrogens is 272 g/mol. The van der Waals surface area contributed by atoms with E-state index in [-0.39, 0.29) is 5.75 Å². The van der Waals surface area contributed by atoms with E-state index in [0.29, 0.717) is 12.2 Å². The van der Waals surface area contributed by atoms with Crippen molar-refractivity contribution in [3.63, 3.8) is 0 Å². The van der Waals surface area contributed by atoms with E-state index < -0.39 is 10.1 Å². The molecule has 0 heterocycles. The molecule has 1 aromatic rings. The molecule has 7 heteroatoms. The molecule has 102 valence electrons. The molecule has 0 saturated carbocycles. The van der Waals surface area contributed by atoms with Crippen molar-refractivity contribution in [2.24, 2.45) is 0 Å². The zero-order valence-electron chi connectivity index (χ0n) is 10.4. The van der Waals surface area contributed by atoms with Crippen molar-refractivity contribution in [3.05, 3.63) is 18.2 Å². The number of hydrogen-bond donors (Lipinski definition) is 3. The summed E-state index contributed by atoms with van der Waals surface area (Å²) in [4.78, 5) is 1.06. The lowest BCUT2D eigenvalue weighted by molar-refractivity contribution is 0.482. The Bertz CT molecular complexity index is 489. The Kier molecular flexibility index (Phi) is 5.77. The van der Waals surface area contributed by atoms with Gasteiger partial charge in [-0.15, -0.1) is 11.8 Å². The van der Waals surface area contributed by atoms with Crippen LogP contribution in [0, 0.1) is 0 Å². The van der Waals surface area contributed by atoms with Crippen LogP contribution in [0.3, 0.4) is 0 Å². The summed E-state index contributed by atoms with van der Waals surface area (Å²) < 4.78 is 29.8. The monoisotopic (exact) mass is 290 g/mol. The van der Waals surface area contributed by atoms with E-state index in [1.54, 1.807) is 11.8 Å². The number of thioether (sulfide) groups is 1. The molecule has 0 radical (unpaired) electrons. The van der Waals surface area contributed by atoms with E-state index in [9.17, 15) is 8.42 Å². The van der Waals surface area contributed by atoms with Gasteiger partial charge in [-0.25, -0.2) is 0 Å². The average molecular weight is 290 g/mol. The van der Waals surface area contributed by atoms with E-state index in [4.69, 9.17) is 4.55 Å². The van der Waals surface area contributed by atoms with Crippen LogP contribution >= 0.6 is 11.8 Å². The highest BCUT2D eigenvalue weighted by molar-refractivity contribution is 7.99. The molecule has 0 aromatic heterocycles. The van der Waals surface area contributed by atoms with E-state index >= 15 is 0 Å². The largest absolute Gasteiger partial charge is 0.388 e. The highest BCUT2D eigenvalue weighted by Crippen LogP contribution is 2.30. The molecule has 3 N–H and O–H groups in total. The summed E-state index contributed by atoms with van der Waals surface area (Å²) >= 11 is 1.56. The zero-order valence-corrected chi connectivity index (χ0v) is 12.1. The number of rotatable bonds is 7. The number of hydrogen-bond acceptors (Lipinski definition) is 5. The first-order chi connectivity index (χ1) is 8.46. The Morgan fingerprint density at radius 2 is 2.00 bits per heavy atom. The van der Waals surface area contributed by atoms with Crippen molar-refractivity contribution in [1.29, 1.82) is 0 Å². The van der Waals surface area contributed by atoms with Gasteiger partial charge >= 0.3 is 0 Å². The van der Waals surface area contributed by atoms with Crippen molar-refractivity contribution in [2.75, 3.05) is 36.2 Å². The Morgan fingerprint density at radius 1 is 1.28 bits per heavy atom. The van der Waals surface area contributed by atoms with E-state index in [0.717, 1.165) is 16.3 Å². The minimum absolute atomic E-state index is 0.194. The van der Waals surface area contributed by atoms with Crippen molar-refractivity contribution in [2.45, 2.75) is 11.3 Å². The molecule has 0 aliphatic rings. The molecule has 0 fully saturated rings. The molecule has 0 aliphatic heterocycles. The molecule has 18 heavy (non-hydrogen) atoms. The number of benzene rings is 1. The molecule has 1 aromatic carbocycles. The van der Waals surface area contributed by atoms with Crippen LogP contribution in [0.5, 0.6) is 0 Å². The fourth-order valence-corrected chi connectivity index (χ4v) is 3.16. The van der Waals surface area contributed by atoms with Gasteiger partial charge in [0.2, 0.25) is 0 Å². The molecule has 0 unspecified atom stereocenters. The van der Waals surface area contributed by atoms with Crippen LogP contribution in [-0.2, 0) is 10.1 Å². The van der Waals surface area contributed by atoms with Gasteiger partial charge in [0.1, 0.15) is 0 Å². The average Bonchev–Trinajstić information content (AvgIpc) is 2.33. The summed E-state index contributed by atoms with van der Waals surface area (Å²) in [7, 11) is -0.156. The second-order valence-electron chi connectivity index (χ2n) is 3.70. The molecule has 0 saturated heterocycles. The Hall–Kier alpha value is -0.920. The zero-order chi connectivity index (χ0) is 13.6. The van der Waals surface area contributed by atoms with Crippen LogP contribution in [0.4, 0.5) is 11.4 Å². The van der Waals surface area contributed by atoms with E-state index in [2.05, 4.69) is 10.6 Å². The van der Waals surface area contributed by atoms with Crippen molar-refractivity contribution >= 4 is 33.3 Å². The lowest BCUT2D eigenvalue weighted by atomic mass is 10.3. The lowest BCUT2D eigenvalue weighted by Crippen LogP contribution is -2.04. The van der Waals surface area contributed by atoms with Crippen LogP contribution in [0.2, 0.25) is 0 Å². The minimum atomic E-state index is -3.85. The van der Waals surface area contributed by atoms with Crippen LogP contribution in [0.1, 0.15) is 6.42 Å². The van der Waals surface area contributed by atoms with Gasteiger partial charge in [0.05, 0.1) is 5.75 Å². The maximum atomic E-state index is 10.6. The molecule has 0 aliphatic carbocycles. The predicted octanol–water partition coefficient (Wildman–Crippen LogP) is 2.14. The van der Waals surface area contributed by atoms with E-state index in [1.165, 1.54) is 0 Å². The quantitative estimate of drug-likeness (QED) is 0.406. The summed E-state index contributed by atoms with van der Waals surface area (Å²) in [6, 6.07) is 5.94. The van der Waals surface area contributed by atoms with Crippen molar-refractivity contribution < 1.29 is 13.0 Å². The standard InChI is InChI=1S/C11H18N2O3S2/c1-12-9-4-5-10(13-2)11(8-9)17-6-3-7-18(14,15)16/h4-5,8,12-13H,3,6-7H2,1-2H3,(H,14,15,16). The van der Waals surface area contributed by atoms with Gasteiger partial charge in [-0.3, -0.25) is 4.55 Å². The lowest BCUT2D eigenvalue weighted by Gasteiger charge is -2.10. The molecule has 1 rings (SSSR count). The Balaban J connectivity index is 2.60. The summed E-state index contributed by atoms with van der Waals surface area (Å²) in [5.41, 5.74) is 2.01. The Labute approximate surface area is 112 Å². The summed E-state index contributed by atoms with van der Waals surface area (Å²) in [5.74, 6) is 0.447. The van der Waals surface area contributed by atoms with Crippen LogP contribution in [-0.4, -0.2) is 38.6 Å². The highest BCUT2D eigenvalue weighted by atomic mass is 32.2. The van der Waals surface area contributed by atoms with Crippen LogP contribution < -0.4 is 10.6 Å². The third kappa shape index (κ3) is 5.16. The van der Waals surface area contributed by atoms with E-state index in [1.807, 2.05) is 32.3 Å². The smallest absolute Gasteiger partial charge is 0.264 e. The first-order valence-corrected chi connectivity index (χ1v) is 8.13. The van der Waals surface area contributed by atoms with Gasteiger partial charge in [-0.2, -0.15) is 8.42 Å². The molecule has 0 atom stereocenters. The topological polar surface area (TPSA) is 78.4 Å². The maximum Gasteiger partial charge on any atom is 0.264 e. The molecular formula is C11H18N2O3S2. The third-order valence-corrected chi connectivity index (χ3v) is 4.29. The first-order valence-electron chi connectivity index (χ1n) is 5.54. The first kappa shape index (κ1) is 15.1. The van der Waals surface area contributed by atoms with Crippen LogP contribution in [0.15, 0.2) is 23.1 Å². The summed E-state index contributed by atoms with van der Waals surface area (Å²) in [5, 5.41) is 6.14. The second kappa shape index (κ2) is 6.86. The fraction of sp³-hybridized carbons (Fsp3) is 0.455. The van der Waals surface area contributed by atoms with Gasteiger partial charge in [-0.05, 0) is 30.4 Å². The summed E-state index contributed by atoms with van der Waals surface area (Å²) in [6.07, 6.45) is 0.427. The molecule has 5 nitrogen and oxygen atoms in total. The van der Waals surface area contributed by atoms with Gasteiger partial charge in [0.25, 0.3) is 10.1 Å². The SMILES string of the molecule is CNc1ccc(NC)c(SCCCS(=O)(=O)O)c1. The van der Waals surface area contributed by atoms with Gasteiger partial charge in [0, 0.05) is 30.4 Å². The highest BCUT2D eigenvalue weighted by Gasteiger charge is 2.06. The second-order valence-corrected chi connectivity index (χ2v) is 6.41. The van der Waals surface area contributed by atoms with Crippen molar-refractivity contribution in [1.82, 2.24) is 0 Å². The third-order valence-electron chi connectivity index (χ3n) is 2.34. The van der Waals surface area contributed by atoms with Gasteiger partial charge in [-0.1, -0.05) is 0 Å². The molecule has 0 bridgehead atoms. The minimum Gasteiger partial charge on any atom is -0.388 e. The predicted molar refractivity (Wildman–Crippen MR) is 77.3 cm³/mol. The fourth-order valence-electron chi connectivity index (χ4n) is 1.43. The normalized spacial score (nSPS) is 11.3. The molecule has 0 spiro atoms. The maximum absolute atomic E-state index is 10.6. The summed E-state index contributed by atoms with van der Waals surface area (Å²) in [6.45, 7) is 0. The number of anilines is 2. The van der Waals surface area contributed by atoms with Crippen LogP contribution in [0.25, 0.3) is 0 Å².